The Hall–Kier alpha value is -4.34. The lowest BCUT2D eigenvalue weighted by Crippen LogP contribution is -2.23. The van der Waals surface area contributed by atoms with Gasteiger partial charge < -0.3 is 29.3 Å². The second-order valence-electron chi connectivity index (χ2n) is 8.06. The first-order valence-corrected chi connectivity index (χ1v) is 11.2. The molecule has 0 spiro atoms. The van der Waals surface area contributed by atoms with Crippen LogP contribution in [0.5, 0.6) is 17.2 Å². The molecule has 0 atom stereocenters. The number of ether oxygens (including phenoxy) is 1. The highest BCUT2D eigenvalue weighted by atomic mass is 16.5. The van der Waals surface area contributed by atoms with Gasteiger partial charge in [0.1, 0.15) is 22.8 Å². The molecule has 2 heterocycles. The molecule has 35 heavy (non-hydrogen) atoms. The second-order valence-corrected chi connectivity index (χ2v) is 8.06. The predicted molar refractivity (Wildman–Crippen MR) is 127 cm³/mol. The van der Waals surface area contributed by atoms with E-state index in [0.717, 1.165) is 0 Å². The van der Waals surface area contributed by atoms with Crippen LogP contribution in [0.15, 0.2) is 45.4 Å². The van der Waals surface area contributed by atoms with E-state index >= 15 is 0 Å². The number of hydrogen-bond acceptors (Lipinski definition) is 9. The highest BCUT2D eigenvalue weighted by molar-refractivity contribution is 6.01. The van der Waals surface area contributed by atoms with Gasteiger partial charge >= 0.3 is 0 Å². The van der Waals surface area contributed by atoms with Gasteiger partial charge in [0, 0.05) is 18.2 Å². The Morgan fingerprint density at radius 1 is 1.06 bits per heavy atom. The lowest BCUT2D eigenvalue weighted by atomic mass is 9.96. The monoisotopic (exact) mass is 478 g/mol. The SMILES string of the molecule is CCNC(=O)c1noc(-c2cc(C(C)C)c(O)cc2O)c1-c1noc(-c2ccc(OCC)cc2)n1. The van der Waals surface area contributed by atoms with Gasteiger partial charge in [0.05, 0.1) is 12.2 Å². The van der Waals surface area contributed by atoms with Crippen LogP contribution in [0.3, 0.4) is 0 Å². The summed E-state index contributed by atoms with van der Waals surface area (Å²) in [5.41, 5.74) is 1.58. The maximum Gasteiger partial charge on any atom is 0.274 e. The van der Waals surface area contributed by atoms with Crippen molar-refractivity contribution in [3.8, 4) is 51.4 Å². The number of hydrogen-bond donors (Lipinski definition) is 3. The van der Waals surface area contributed by atoms with Gasteiger partial charge in [0.25, 0.3) is 11.8 Å². The summed E-state index contributed by atoms with van der Waals surface area (Å²) in [6.07, 6.45) is 0. The molecule has 0 fully saturated rings. The standard InChI is InChI=1S/C25H26N4O6/c1-5-26-24(32)21-20(22(34-28-21)17-11-16(13(3)4)18(30)12-19(17)31)23-27-25(35-29-23)14-7-9-15(10-8-14)33-6-2/h7-13,30-31H,5-6H2,1-4H3,(H,26,32). The molecule has 0 radical (unpaired) electrons. The van der Waals surface area contributed by atoms with Gasteiger partial charge in [-0.15, -0.1) is 0 Å². The van der Waals surface area contributed by atoms with E-state index < -0.39 is 5.91 Å². The molecule has 10 heteroatoms. The van der Waals surface area contributed by atoms with Crippen molar-refractivity contribution in [1.82, 2.24) is 20.6 Å². The molecule has 4 rings (SSSR count). The van der Waals surface area contributed by atoms with E-state index in [1.54, 1.807) is 37.3 Å². The number of nitrogens with zero attached hydrogens (tertiary/aromatic N) is 3. The largest absolute Gasteiger partial charge is 0.508 e. The first-order valence-electron chi connectivity index (χ1n) is 11.2. The molecular weight excluding hydrogens is 452 g/mol. The Bertz CT molecular complexity index is 1340. The molecule has 0 saturated heterocycles. The number of benzene rings is 2. The fraction of sp³-hybridized carbons (Fsp3) is 0.280. The predicted octanol–water partition coefficient (Wildman–Crippen LogP) is 4.74. The van der Waals surface area contributed by atoms with Crippen molar-refractivity contribution in [2.45, 2.75) is 33.6 Å². The third kappa shape index (κ3) is 4.68. The number of phenols is 2. The van der Waals surface area contributed by atoms with Crippen molar-refractivity contribution in [1.29, 1.82) is 0 Å². The highest BCUT2D eigenvalue weighted by Gasteiger charge is 2.30. The summed E-state index contributed by atoms with van der Waals surface area (Å²) in [5, 5.41) is 31.5. The number of phenolic OH excluding ortho intramolecular Hbond substituents is 2. The fourth-order valence-corrected chi connectivity index (χ4v) is 3.62. The molecular formula is C25H26N4O6. The molecule has 0 aliphatic rings. The summed E-state index contributed by atoms with van der Waals surface area (Å²) < 4.78 is 16.5. The van der Waals surface area contributed by atoms with Gasteiger partial charge in [0.2, 0.25) is 5.82 Å². The fourth-order valence-electron chi connectivity index (χ4n) is 3.62. The van der Waals surface area contributed by atoms with Gasteiger partial charge in [0.15, 0.2) is 11.5 Å². The lowest BCUT2D eigenvalue weighted by Gasteiger charge is -2.11. The summed E-state index contributed by atoms with van der Waals surface area (Å²) in [6, 6.07) is 9.95. The van der Waals surface area contributed by atoms with Crippen molar-refractivity contribution in [3.63, 3.8) is 0 Å². The van der Waals surface area contributed by atoms with Crippen LogP contribution in [0.1, 0.15) is 49.7 Å². The van der Waals surface area contributed by atoms with Crippen LogP contribution in [0, 0.1) is 0 Å². The van der Waals surface area contributed by atoms with E-state index in [4.69, 9.17) is 13.8 Å². The third-order valence-corrected chi connectivity index (χ3v) is 5.32. The first kappa shape index (κ1) is 23.8. The maximum atomic E-state index is 12.7. The van der Waals surface area contributed by atoms with Gasteiger partial charge in [-0.3, -0.25) is 4.79 Å². The molecule has 0 aliphatic heterocycles. The summed E-state index contributed by atoms with van der Waals surface area (Å²) in [5.74, 6) is 0.224. The van der Waals surface area contributed by atoms with E-state index in [1.807, 2.05) is 20.8 Å². The molecule has 0 unspecified atom stereocenters. The molecule has 0 bridgehead atoms. The van der Waals surface area contributed by atoms with Crippen LogP contribution in [0.25, 0.3) is 34.2 Å². The van der Waals surface area contributed by atoms with E-state index in [2.05, 4.69) is 20.6 Å². The lowest BCUT2D eigenvalue weighted by molar-refractivity contribution is 0.0947. The van der Waals surface area contributed by atoms with Crippen LogP contribution < -0.4 is 10.1 Å². The smallest absolute Gasteiger partial charge is 0.274 e. The molecule has 2 aromatic heterocycles. The number of nitrogens with one attached hydrogen (secondary N) is 1. The Balaban J connectivity index is 1.84. The second kappa shape index (κ2) is 9.88. The zero-order valence-electron chi connectivity index (χ0n) is 19.8. The van der Waals surface area contributed by atoms with Crippen molar-refractivity contribution < 1.29 is 28.8 Å². The molecule has 2 aromatic carbocycles. The number of aromatic hydroxyl groups is 2. The van der Waals surface area contributed by atoms with Gasteiger partial charge in [-0.2, -0.15) is 4.98 Å². The first-order chi connectivity index (χ1) is 16.8. The summed E-state index contributed by atoms with van der Waals surface area (Å²) in [6.45, 7) is 8.39. The number of amides is 1. The minimum absolute atomic E-state index is 0.0416. The average Bonchev–Trinajstić information content (AvgIpc) is 3.47. The van der Waals surface area contributed by atoms with Crippen LogP contribution in [0.2, 0.25) is 0 Å². The summed E-state index contributed by atoms with van der Waals surface area (Å²) >= 11 is 0. The molecule has 0 aliphatic carbocycles. The molecule has 4 aromatic rings. The normalized spacial score (nSPS) is 11.1. The Morgan fingerprint density at radius 3 is 2.46 bits per heavy atom. The molecule has 10 nitrogen and oxygen atoms in total. The minimum atomic E-state index is -0.493. The quantitative estimate of drug-likeness (QED) is 0.327. The highest BCUT2D eigenvalue weighted by Crippen LogP contribution is 2.42. The van der Waals surface area contributed by atoms with Gasteiger partial charge in [-0.25, -0.2) is 0 Å². The minimum Gasteiger partial charge on any atom is -0.508 e. The topological polar surface area (TPSA) is 144 Å². The van der Waals surface area contributed by atoms with E-state index in [-0.39, 0.29) is 51.7 Å². The molecule has 1 amide bonds. The van der Waals surface area contributed by atoms with Crippen molar-refractivity contribution in [3.05, 3.63) is 47.7 Å². The number of carbonyl (C=O) groups excluding carboxylic acids is 1. The van der Waals surface area contributed by atoms with Gasteiger partial charge in [-0.05, 0) is 55.7 Å². The molecule has 0 saturated carbocycles. The van der Waals surface area contributed by atoms with Crippen molar-refractivity contribution >= 4 is 5.91 Å². The summed E-state index contributed by atoms with van der Waals surface area (Å²) in [7, 11) is 0. The zero-order chi connectivity index (χ0) is 25.1. The van der Waals surface area contributed by atoms with Crippen LogP contribution in [0.4, 0.5) is 0 Å². The number of carbonyl (C=O) groups is 1. The van der Waals surface area contributed by atoms with Crippen LogP contribution >= 0.6 is 0 Å². The summed E-state index contributed by atoms with van der Waals surface area (Å²) in [4.78, 5) is 17.2. The van der Waals surface area contributed by atoms with Crippen LogP contribution in [-0.4, -0.2) is 44.6 Å². The Labute approximate surface area is 201 Å². The average molecular weight is 479 g/mol. The number of rotatable bonds is 8. The molecule has 182 valence electrons. The van der Waals surface area contributed by atoms with Crippen molar-refractivity contribution in [2.24, 2.45) is 0 Å². The van der Waals surface area contributed by atoms with E-state index in [0.29, 0.717) is 30.0 Å². The third-order valence-electron chi connectivity index (χ3n) is 5.32. The van der Waals surface area contributed by atoms with Gasteiger partial charge in [-0.1, -0.05) is 24.2 Å². The maximum absolute atomic E-state index is 12.7. The Morgan fingerprint density at radius 2 is 1.80 bits per heavy atom. The Kier molecular flexibility index (Phi) is 6.72. The van der Waals surface area contributed by atoms with E-state index in [1.165, 1.54) is 6.07 Å². The van der Waals surface area contributed by atoms with Crippen LogP contribution in [-0.2, 0) is 0 Å². The number of aromatic nitrogens is 3. The zero-order valence-corrected chi connectivity index (χ0v) is 19.8. The van der Waals surface area contributed by atoms with E-state index in [9.17, 15) is 15.0 Å². The molecule has 3 N–H and O–H groups in total. The van der Waals surface area contributed by atoms with Crippen molar-refractivity contribution in [2.75, 3.05) is 13.2 Å².